The fourth-order valence-corrected chi connectivity index (χ4v) is 5.53. The molecule has 1 aromatic carbocycles. The maximum absolute atomic E-state index is 12.8. The third-order valence-electron chi connectivity index (χ3n) is 6.64. The van der Waals surface area contributed by atoms with Gasteiger partial charge in [0.2, 0.25) is 5.91 Å². The van der Waals surface area contributed by atoms with Crippen LogP contribution in [0.3, 0.4) is 0 Å². The predicted octanol–water partition coefficient (Wildman–Crippen LogP) is 2.91. The van der Waals surface area contributed by atoms with E-state index in [0.717, 1.165) is 48.9 Å². The van der Waals surface area contributed by atoms with Gasteiger partial charge in [-0.1, -0.05) is 6.07 Å². The number of amides is 2. The largest absolute Gasteiger partial charge is 0.416 e. The minimum Gasteiger partial charge on any atom is -0.384 e. The van der Waals surface area contributed by atoms with Crippen LogP contribution in [-0.4, -0.2) is 58.5 Å². The quantitative estimate of drug-likeness (QED) is 0.572. The van der Waals surface area contributed by atoms with Gasteiger partial charge in [0.1, 0.15) is 5.60 Å². The highest BCUT2D eigenvalue weighted by Gasteiger charge is 2.39. The van der Waals surface area contributed by atoms with Crippen molar-refractivity contribution in [2.45, 2.75) is 56.0 Å². The molecule has 2 aliphatic rings. The Kier molecular flexibility index (Phi) is 7.25. The summed E-state index contributed by atoms with van der Waals surface area (Å²) >= 11 is 1.47. The van der Waals surface area contributed by atoms with Gasteiger partial charge in [-0.2, -0.15) is 13.2 Å². The molecule has 7 nitrogen and oxygen atoms in total. The van der Waals surface area contributed by atoms with E-state index in [4.69, 9.17) is 0 Å². The minimum atomic E-state index is -4.54. The van der Waals surface area contributed by atoms with Gasteiger partial charge in [-0.25, -0.2) is 0 Å². The molecule has 34 heavy (non-hydrogen) atoms. The Bertz CT molecular complexity index is 1010. The van der Waals surface area contributed by atoms with Gasteiger partial charge in [-0.3, -0.25) is 19.5 Å². The van der Waals surface area contributed by atoms with E-state index < -0.39 is 23.2 Å². The van der Waals surface area contributed by atoms with Gasteiger partial charge < -0.3 is 15.7 Å². The molecule has 2 amide bonds. The topological polar surface area (TPSA) is 94.6 Å². The number of hydrogen-bond acceptors (Lipinski definition) is 6. The summed E-state index contributed by atoms with van der Waals surface area (Å²) in [6.07, 6.45) is 1.05. The van der Waals surface area contributed by atoms with Crippen LogP contribution in [0.15, 0.2) is 36.0 Å². The van der Waals surface area contributed by atoms with Gasteiger partial charge in [-0.05, 0) is 50.3 Å². The number of benzene rings is 1. The van der Waals surface area contributed by atoms with Crippen LogP contribution >= 0.6 is 11.3 Å². The van der Waals surface area contributed by atoms with Crippen molar-refractivity contribution in [1.29, 1.82) is 0 Å². The van der Waals surface area contributed by atoms with E-state index in [-0.39, 0.29) is 24.1 Å². The molecule has 0 radical (unpaired) electrons. The first-order valence-corrected chi connectivity index (χ1v) is 12.1. The summed E-state index contributed by atoms with van der Waals surface area (Å²) in [7, 11) is 0. The second-order valence-electron chi connectivity index (χ2n) is 8.94. The second kappa shape index (κ2) is 10.0. The Balaban J connectivity index is 1.21. The van der Waals surface area contributed by atoms with Crippen molar-refractivity contribution in [3.8, 4) is 0 Å². The molecule has 1 atom stereocenters. The molecule has 1 saturated heterocycles. The zero-order valence-corrected chi connectivity index (χ0v) is 19.3. The fourth-order valence-electron chi connectivity index (χ4n) is 4.75. The molecule has 1 saturated carbocycles. The minimum absolute atomic E-state index is 0.0553. The number of likely N-dealkylation sites (tertiary alicyclic amines) is 1. The highest BCUT2D eigenvalue weighted by molar-refractivity contribution is 7.09. The summed E-state index contributed by atoms with van der Waals surface area (Å²) < 4.78 is 38.5. The van der Waals surface area contributed by atoms with Crippen molar-refractivity contribution in [1.82, 2.24) is 20.5 Å². The molecule has 4 rings (SSSR count). The highest BCUT2D eigenvalue weighted by atomic mass is 32.1. The van der Waals surface area contributed by atoms with Crippen LogP contribution in [0, 0.1) is 0 Å². The predicted molar refractivity (Wildman–Crippen MR) is 120 cm³/mol. The Morgan fingerprint density at radius 2 is 2.00 bits per heavy atom. The van der Waals surface area contributed by atoms with Crippen LogP contribution in [0.4, 0.5) is 13.2 Å². The molecule has 1 aliphatic carbocycles. The molecular weight excluding hydrogens is 469 g/mol. The van der Waals surface area contributed by atoms with Crippen LogP contribution < -0.4 is 10.6 Å². The van der Waals surface area contributed by atoms with E-state index in [2.05, 4.69) is 20.5 Å². The first kappa shape index (κ1) is 24.6. The third kappa shape index (κ3) is 5.76. The molecule has 0 bridgehead atoms. The first-order chi connectivity index (χ1) is 16.1. The zero-order valence-electron chi connectivity index (χ0n) is 18.5. The summed E-state index contributed by atoms with van der Waals surface area (Å²) in [4.78, 5) is 31.8. The van der Waals surface area contributed by atoms with Crippen LogP contribution in [0.5, 0.6) is 0 Å². The number of alkyl halides is 3. The molecule has 1 unspecified atom stereocenters. The molecule has 2 heterocycles. The number of hydrogen-bond donors (Lipinski definition) is 3. The lowest BCUT2D eigenvalue weighted by atomic mass is 9.81. The number of halogens is 3. The summed E-state index contributed by atoms with van der Waals surface area (Å²) in [5.41, 5.74) is -0.132. The molecule has 3 N–H and O–H groups in total. The van der Waals surface area contributed by atoms with Gasteiger partial charge in [0.15, 0.2) is 0 Å². The van der Waals surface area contributed by atoms with E-state index in [1.807, 2.05) is 0 Å². The normalized spacial score (nSPS) is 25.8. The molecule has 184 valence electrons. The molecule has 1 aromatic heterocycles. The smallest absolute Gasteiger partial charge is 0.384 e. The average molecular weight is 497 g/mol. The van der Waals surface area contributed by atoms with Crippen molar-refractivity contribution in [3.05, 3.63) is 52.0 Å². The Labute approximate surface area is 199 Å². The summed E-state index contributed by atoms with van der Waals surface area (Å²) in [5.74, 6) is -1.11. The molecule has 11 heteroatoms. The lowest BCUT2D eigenvalue weighted by Gasteiger charge is -2.39. The lowest BCUT2D eigenvalue weighted by molar-refractivity contribution is -0.137. The Hall–Kier alpha value is -2.50. The second-order valence-corrected chi connectivity index (χ2v) is 9.82. The fraction of sp³-hybridized carbons (Fsp3) is 0.522. The van der Waals surface area contributed by atoms with E-state index in [9.17, 15) is 27.9 Å². The van der Waals surface area contributed by atoms with Crippen LogP contribution in [0.1, 0.15) is 52.9 Å². The van der Waals surface area contributed by atoms with Crippen LogP contribution in [0.2, 0.25) is 0 Å². The SMILES string of the molecule is O=C(CNC(=O)c1cccc(C(F)(F)F)c1)NC1CCN(C2CCC(O)(c3cncs3)CC2)C1. The molecule has 0 spiro atoms. The van der Waals surface area contributed by atoms with Crippen LogP contribution in [-0.2, 0) is 16.6 Å². The van der Waals surface area contributed by atoms with Gasteiger partial charge in [0.05, 0.1) is 22.5 Å². The first-order valence-electron chi connectivity index (χ1n) is 11.2. The van der Waals surface area contributed by atoms with Crippen molar-refractivity contribution in [3.63, 3.8) is 0 Å². The average Bonchev–Trinajstić information content (AvgIpc) is 3.51. The Morgan fingerprint density at radius 1 is 1.24 bits per heavy atom. The molecule has 2 fully saturated rings. The van der Waals surface area contributed by atoms with Crippen molar-refractivity contribution in [2.24, 2.45) is 0 Å². The van der Waals surface area contributed by atoms with E-state index in [0.29, 0.717) is 25.4 Å². The number of carbonyl (C=O) groups is 2. The number of aliphatic hydroxyl groups is 1. The number of rotatable bonds is 6. The van der Waals surface area contributed by atoms with Crippen LogP contribution in [0.25, 0.3) is 0 Å². The van der Waals surface area contributed by atoms with Gasteiger partial charge in [-0.15, -0.1) is 11.3 Å². The van der Waals surface area contributed by atoms with E-state index >= 15 is 0 Å². The zero-order chi connectivity index (χ0) is 24.3. The third-order valence-corrected chi connectivity index (χ3v) is 7.60. The van der Waals surface area contributed by atoms with Gasteiger partial charge in [0.25, 0.3) is 5.91 Å². The summed E-state index contributed by atoms with van der Waals surface area (Å²) in [5, 5.41) is 16.2. The number of thiazole rings is 1. The van der Waals surface area contributed by atoms with Crippen molar-refractivity contribution in [2.75, 3.05) is 19.6 Å². The van der Waals surface area contributed by atoms with E-state index in [1.54, 1.807) is 11.7 Å². The summed E-state index contributed by atoms with van der Waals surface area (Å²) in [6.45, 7) is 1.22. The lowest BCUT2D eigenvalue weighted by Crippen LogP contribution is -2.45. The number of aromatic nitrogens is 1. The summed E-state index contributed by atoms with van der Waals surface area (Å²) in [6, 6.07) is 4.38. The van der Waals surface area contributed by atoms with Crippen molar-refractivity contribution >= 4 is 23.2 Å². The maximum Gasteiger partial charge on any atom is 0.416 e. The standard InChI is InChI=1S/C23H27F3N4O3S/c24-23(25,26)16-3-1-2-15(10-16)21(32)28-12-20(31)29-17-6-9-30(13-17)18-4-7-22(33,8-5-18)19-11-27-14-34-19/h1-3,10-11,14,17-18,33H,4-9,12-13H2,(H,28,32)(H,29,31). The monoisotopic (exact) mass is 496 g/mol. The molecule has 2 aromatic rings. The van der Waals surface area contributed by atoms with Crippen molar-refractivity contribution < 1.29 is 27.9 Å². The van der Waals surface area contributed by atoms with Gasteiger partial charge >= 0.3 is 6.18 Å². The highest BCUT2D eigenvalue weighted by Crippen LogP contribution is 2.40. The number of nitrogens with one attached hydrogen (secondary N) is 2. The van der Waals surface area contributed by atoms with E-state index in [1.165, 1.54) is 17.4 Å². The Morgan fingerprint density at radius 3 is 2.68 bits per heavy atom. The number of nitrogens with zero attached hydrogens (tertiary/aromatic N) is 2. The molecule has 1 aliphatic heterocycles. The van der Waals surface area contributed by atoms with Gasteiger partial charge in [0, 0.05) is 36.9 Å². The number of carbonyl (C=O) groups excluding carboxylic acids is 2. The maximum atomic E-state index is 12.8. The molecular formula is C23H27F3N4O3S.